The molecule has 0 saturated carbocycles. The largest absolute Gasteiger partial charge is 0.399 e. The number of rotatable bonds is 3. The summed E-state index contributed by atoms with van der Waals surface area (Å²) in [4.78, 5) is -0.0111. The van der Waals surface area contributed by atoms with E-state index in [-0.39, 0.29) is 10.6 Å². The molecule has 0 fully saturated rings. The smallest absolute Gasteiger partial charge is 0.141 e. The summed E-state index contributed by atoms with van der Waals surface area (Å²) in [6.07, 6.45) is 3.47. The third-order valence-electron chi connectivity index (χ3n) is 2.16. The molecule has 1 aromatic carbocycles. The maximum Gasteiger partial charge on any atom is 0.141 e. The predicted octanol–water partition coefficient (Wildman–Crippen LogP) is 2.57. The van der Waals surface area contributed by atoms with Crippen molar-refractivity contribution in [1.82, 2.24) is 9.78 Å². The fourth-order valence-corrected chi connectivity index (χ4v) is 2.27. The van der Waals surface area contributed by atoms with Gasteiger partial charge >= 0.3 is 0 Å². The fraction of sp³-hybridized carbons (Fsp3) is 0.182. The quantitative estimate of drug-likeness (QED) is 0.677. The second-order valence-corrected chi connectivity index (χ2v) is 4.61. The normalized spacial score (nSPS) is 10.8. The van der Waals surface area contributed by atoms with Gasteiger partial charge in [0.1, 0.15) is 11.6 Å². The lowest BCUT2D eigenvalue weighted by atomic mass is 10.3. The summed E-state index contributed by atoms with van der Waals surface area (Å²) in [6, 6.07) is 2.24. The molecule has 0 bridgehead atoms. The first-order valence-electron chi connectivity index (χ1n) is 4.91. The van der Waals surface area contributed by atoms with E-state index in [2.05, 4.69) is 5.10 Å². The van der Waals surface area contributed by atoms with Crippen molar-refractivity contribution in [2.75, 3.05) is 5.73 Å². The molecule has 0 aliphatic rings. The molecule has 0 saturated heterocycles. The summed E-state index contributed by atoms with van der Waals surface area (Å²) >= 11 is 1.09. The highest BCUT2D eigenvalue weighted by Crippen LogP contribution is 2.29. The van der Waals surface area contributed by atoms with Crippen LogP contribution in [-0.2, 0) is 12.8 Å². The molecule has 1 heterocycles. The molecular formula is C11H11F2N3S. The van der Waals surface area contributed by atoms with Crippen molar-refractivity contribution < 1.29 is 8.78 Å². The maximum absolute atomic E-state index is 13.5. The first-order chi connectivity index (χ1) is 8.06. The van der Waals surface area contributed by atoms with Gasteiger partial charge in [0, 0.05) is 30.2 Å². The number of halogens is 2. The van der Waals surface area contributed by atoms with Crippen LogP contribution >= 0.6 is 11.8 Å². The first kappa shape index (κ1) is 11.9. The van der Waals surface area contributed by atoms with Gasteiger partial charge in [-0.25, -0.2) is 8.78 Å². The number of aryl methyl sites for hydroxylation is 1. The van der Waals surface area contributed by atoms with Gasteiger partial charge in [-0.05, 0) is 12.1 Å². The van der Waals surface area contributed by atoms with Crippen molar-refractivity contribution >= 4 is 17.4 Å². The van der Waals surface area contributed by atoms with Crippen LogP contribution in [0, 0.1) is 11.6 Å². The Balaban J connectivity index is 2.14. The van der Waals surface area contributed by atoms with Gasteiger partial charge in [0.25, 0.3) is 0 Å². The lowest BCUT2D eigenvalue weighted by Crippen LogP contribution is -1.93. The molecule has 3 nitrogen and oxygen atoms in total. The van der Waals surface area contributed by atoms with Crippen LogP contribution in [0.25, 0.3) is 0 Å². The van der Waals surface area contributed by atoms with E-state index in [9.17, 15) is 8.78 Å². The number of benzene rings is 1. The highest BCUT2D eigenvalue weighted by Gasteiger charge is 2.11. The number of hydrogen-bond acceptors (Lipinski definition) is 3. The van der Waals surface area contributed by atoms with Crippen molar-refractivity contribution in [2.45, 2.75) is 10.6 Å². The second kappa shape index (κ2) is 4.75. The van der Waals surface area contributed by atoms with Gasteiger partial charge in [-0.1, -0.05) is 0 Å². The second-order valence-electron chi connectivity index (χ2n) is 3.62. The Morgan fingerprint density at radius 1 is 1.35 bits per heavy atom. The van der Waals surface area contributed by atoms with Crippen LogP contribution in [-0.4, -0.2) is 9.78 Å². The SMILES string of the molecule is Cn1cc(CSc2c(F)cc(N)cc2F)cn1. The van der Waals surface area contributed by atoms with Crippen LogP contribution in [0.2, 0.25) is 0 Å². The number of anilines is 1. The minimum absolute atomic E-state index is 0.0111. The van der Waals surface area contributed by atoms with Crippen molar-refractivity contribution in [2.24, 2.45) is 7.05 Å². The van der Waals surface area contributed by atoms with Crippen LogP contribution in [0.5, 0.6) is 0 Å². The highest BCUT2D eigenvalue weighted by molar-refractivity contribution is 7.98. The summed E-state index contributed by atoms with van der Waals surface area (Å²) in [5.74, 6) is -0.793. The standard InChI is InChI=1S/C11H11F2N3S/c1-16-5-7(4-15-16)6-17-11-9(12)2-8(14)3-10(11)13/h2-5H,6,14H2,1H3. The molecule has 0 spiro atoms. The number of nitrogen functional groups attached to an aromatic ring is 1. The van der Waals surface area contributed by atoms with E-state index in [0.29, 0.717) is 5.75 Å². The molecule has 0 amide bonds. The molecule has 1 aromatic heterocycles. The number of hydrogen-bond donors (Lipinski definition) is 1. The molecule has 2 N–H and O–H groups in total. The molecular weight excluding hydrogens is 244 g/mol. The van der Waals surface area contributed by atoms with Crippen molar-refractivity contribution in [3.63, 3.8) is 0 Å². The van der Waals surface area contributed by atoms with E-state index in [1.54, 1.807) is 24.1 Å². The Morgan fingerprint density at radius 2 is 2.00 bits per heavy atom. The summed E-state index contributed by atoms with van der Waals surface area (Å²) in [7, 11) is 1.79. The van der Waals surface area contributed by atoms with Crippen molar-refractivity contribution in [3.8, 4) is 0 Å². The minimum atomic E-state index is -0.628. The zero-order valence-corrected chi connectivity index (χ0v) is 9.97. The van der Waals surface area contributed by atoms with Gasteiger partial charge in [-0.2, -0.15) is 5.10 Å². The Labute approximate surface area is 102 Å². The third kappa shape index (κ3) is 2.76. The topological polar surface area (TPSA) is 43.8 Å². The monoisotopic (exact) mass is 255 g/mol. The van der Waals surface area contributed by atoms with E-state index >= 15 is 0 Å². The van der Waals surface area contributed by atoms with Gasteiger partial charge in [-0.15, -0.1) is 11.8 Å². The molecule has 17 heavy (non-hydrogen) atoms. The Bertz CT molecular complexity index is 516. The molecule has 0 unspecified atom stereocenters. The van der Waals surface area contributed by atoms with Gasteiger partial charge in [-0.3, -0.25) is 4.68 Å². The third-order valence-corrected chi connectivity index (χ3v) is 3.32. The van der Waals surface area contributed by atoms with Gasteiger partial charge in [0.2, 0.25) is 0 Å². The van der Waals surface area contributed by atoms with Crippen LogP contribution in [0.1, 0.15) is 5.56 Å². The Kier molecular flexibility index (Phi) is 3.33. The van der Waals surface area contributed by atoms with Crippen LogP contribution in [0.3, 0.4) is 0 Å². The molecule has 2 aromatic rings. The zero-order valence-electron chi connectivity index (χ0n) is 9.15. The molecule has 0 aliphatic heterocycles. The fourth-order valence-electron chi connectivity index (χ4n) is 1.42. The Hall–Kier alpha value is -1.56. The van der Waals surface area contributed by atoms with Crippen LogP contribution in [0.4, 0.5) is 14.5 Å². The number of thioether (sulfide) groups is 1. The molecule has 0 aliphatic carbocycles. The Morgan fingerprint density at radius 3 is 2.53 bits per heavy atom. The minimum Gasteiger partial charge on any atom is -0.399 e. The van der Waals surface area contributed by atoms with Gasteiger partial charge in [0.05, 0.1) is 11.1 Å². The van der Waals surface area contributed by atoms with E-state index in [1.165, 1.54) is 0 Å². The zero-order chi connectivity index (χ0) is 12.4. The molecule has 2 rings (SSSR count). The van der Waals surface area contributed by atoms with E-state index in [4.69, 9.17) is 5.73 Å². The summed E-state index contributed by atoms with van der Waals surface area (Å²) in [6.45, 7) is 0. The first-order valence-corrected chi connectivity index (χ1v) is 5.89. The van der Waals surface area contributed by atoms with E-state index < -0.39 is 11.6 Å². The summed E-state index contributed by atoms with van der Waals surface area (Å²) < 4.78 is 28.6. The average Bonchev–Trinajstić information content (AvgIpc) is 2.62. The lowest BCUT2D eigenvalue weighted by Gasteiger charge is -2.04. The van der Waals surface area contributed by atoms with Crippen molar-refractivity contribution in [3.05, 3.63) is 41.7 Å². The predicted molar refractivity (Wildman–Crippen MR) is 63.5 cm³/mol. The summed E-state index contributed by atoms with van der Waals surface area (Å²) in [5, 5.41) is 3.98. The number of nitrogens with zero attached hydrogens (tertiary/aromatic N) is 2. The number of aromatic nitrogens is 2. The highest BCUT2D eigenvalue weighted by atomic mass is 32.2. The maximum atomic E-state index is 13.5. The van der Waals surface area contributed by atoms with Crippen LogP contribution < -0.4 is 5.73 Å². The molecule has 6 heteroatoms. The lowest BCUT2D eigenvalue weighted by molar-refractivity contribution is 0.542. The molecule has 90 valence electrons. The number of nitrogens with two attached hydrogens (primary N) is 1. The average molecular weight is 255 g/mol. The van der Waals surface area contributed by atoms with Crippen molar-refractivity contribution in [1.29, 1.82) is 0 Å². The molecule has 0 radical (unpaired) electrons. The summed E-state index contributed by atoms with van der Waals surface area (Å²) in [5.41, 5.74) is 6.34. The van der Waals surface area contributed by atoms with E-state index in [0.717, 1.165) is 29.5 Å². The van der Waals surface area contributed by atoms with Crippen LogP contribution in [0.15, 0.2) is 29.4 Å². The van der Waals surface area contributed by atoms with Gasteiger partial charge < -0.3 is 5.73 Å². The van der Waals surface area contributed by atoms with Gasteiger partial charge in [0.15, 0.2) is 0 Å². The molecule has 0 atom stereocenters. The van der Waals surface area contributed by atoms with E-state index in [1.807, 2.05) is 0 Å².